The van der Waals surface area contributed by atoms with Gasteiger partial charge >= 0.3 is 5.97 Å². The van der Waals surface area contributed by atoms with E-state index in [1.807, 2.05) is 0 Å². The van der Waals surface area contributed by atoms with Gasteiger partial charge in [-0.25, -0.2) is 0 Å². The molecule has 2 atom stereocenters. The van der Waals surface area contributed by atoms with Crippen molar-refractivity contribution in [1.82, 2.24) is 5.32 Å². The maximum Gasteiger partial charge on any atom is 0.306 e. The number of carbonyl (C=O) groups is 1. The SMILES string of the molecule is CCCNC(C)CCCC(C)C(=O)O. The monoisotopic (exact) mass is 201 g/mol. The second-order valence-corrected chi connectivity index (χ2v) is 4.03. The van der Waals surface area contributed by atoms with Crippen LogP contribution in [0.2, 0.25) is 0 Å². The summed E-state index contributed by atoms with van der Waals surface area (Å²) in [6.07, 6.45) is 3.99. The van der Waals surface area contributed by atoms with Gasteiger partial charge in [0.25, 0.3) is 0 Å². The average Bonchev–Trinajstić information content (AvgIpc) is 2.14. The Bertz CT molecular complexity index is 159. The molecule has 0 aromatic carbocycles. The van der Waals surface area contributed by atoms with Crippen molar-refractivity contribution in [3.8, 4) is 0 Å². The quantitative estimate of drug-likeness (QED) is 0.633. The van der Waals surface area contributed by atoms with Gasteiger partial charge in [-0.2, -0.15) is 0 Å². The van der Waals surface area contributed by atoms with Crippen molar-refractivity contribution >= 4 is 5.97 Å². The van der Waals surface area contributed by atoms with Crippen molar-refractivity contribution in [1.29, 1.82) is 0 Å². The number of hydrogen-bond donors (Lipinski definition) is 2. The van der Waals surface area contributed by atoms with Crippen molar-refractivity contribution in [2.75, 3.05) is 6.54 Å². The van der Waals surface area contributed by atoms with Crippen LogP contribution < -0.4 is 5.32 Å². The molecule has 2 unspecified atom stereocenters. The Hall–Kier alpha value is -0.570. The highest BCUT2D eigenvalue weighted by Crippen LogP contribution is 2.09. The van der Waals surface area contributed by atoms with Crippen LogP contribution in [0.25, 0.3) is 0 Å². The molecule has 0 rings (SSSR count). The molecule has 14 heavy (non-hydrogen) atoms. The van der Waals surface area contributed by atoms with Gasteiger partial charge in [-0.05, 0) is 32.7 Å². The van der Waals surface area contributed by atoms with E-state index in [0.717, 1.165) is 32.2 Å². The van der Waals surface area contributed by atoms with Gasteiger partial charge in [0.2, 0.25) is 0 Å². The van der Waals surface area contributed by atoms with Crippen molar-refractivity contribution < 1.29 is 9.90 Å². The van der Waals surface area contributed by atoms with Crippen LogP contribution in [-0.4, -0.2) is 23.7 Å². The summed E-state index contributed by atoms with van der Waals surface area (Å²) in [6, 6.07) is 0.510. The molecule has 0 fully saturated rings. The molecule has 0 radical (unpaired) electrons. The standard InChI is InChI=1S/C11H23NO2/c1-4-8-12-10(3)7-5-6-9(2)11(13)14/h9-10,12H,4-8H2,1-3H3,(H,13,14). The molecule has 0 saturated carbocycles. The highest BCUT2D eigenvalue weighted by atomic mass is 16.4. The highest BCUT2D eigenvalue weighted by Gasteiger charge is 2.10. The van der Waals surface area contributed by atoms with Crippen LogP contribution >= 0.6 is 0 Å². The normalized spacial score (nSPS) is 15.1. The van der Waals surface area contributed by atoms with E-state index in [9.17, 15) is 4.79 Å². The minimum Gasteiger partial charge on any atom is -0.481 e. The molecule has 0 aliphatic heterocycles. The van der Waals surface area contributed by atoms with E-state index in [1.165, 1.54) is 0 Å². The molecule has 2 N–H and O–H groups in total. The van der Waals surface area contributed by atoms with Crippen LogP contribution in [0, 0.1) is 5.92 Å². The zero-order valence-corrected chi connectivity index (χ0v) is 9.55. The summed E-state index contributed by atoms with van der Waals surface area (Å²) >= 11 is 0. The number of nitrogens with one attached hydrogen (secondary N) is 1. The molecule has 3 nitrogen and oxygen atoms in total. The number of aliphatic carboxylic acids is 1. The molecule has 0 aliphatic rings. The Morgan fingerprint density at radius 3 is 2.50 bits per heavy atom. The first-order valence-corrected chi connectivity index (χ1v) is 5.54. The first-order chi connectivity index (χ1) is 6.57. The van der Waals surface area contributed by atoms with E-state index >= 15 is 0 Å². The van der Waals surface area contributed by atoms with E-state index in [-0.39, 0.29) is 5.92 Å². The van der Waals surface area contributed by atoms with Gasteiger partial charge < -0.3 is 10.4 Å². The van der Waals surface area contributed by atoms with Crippen LogP contribution in [0.3, 0.4) is 0 Å². The number of carboxylic acid groups (broad SMARTS) is 1. The molecule has 0 aromatic rings. The third-order valence-electron chi connectivity index (χ3n) is 2.44. The number of carboxylic acids is 1. The van der Waals surface area contributed by atoms with E-state index in [0.29, 0.717) is 6.04 Å². The van der Waals surface area contributed by atoms with Crippen molar-refractivity contribution in [2.24, 2.45) is 5.92 Å². The summed E-state index contributed by atoms with van der Waals surface area (Å²) in [5.74, 6) is -0.882. The molecule has 0 aliphatic carbocycles. The van der Waals surface area contributed by atoms with Crippen LogP contribution in [0.1, 0.15) is 46.5 Å². The lowest BCUT2D eigenvalue weighted by Gasteiger charge is -2.13. The molecule has 0 heterocycles. The van der Waals surface area contributed by atoms with Crippen LogP contribution in [0.5, 0.6) is 0 Å². The van der Waals surface area contributed by atoms with Gasteiger partial charge in [-0.15, -0.1) is 0 Å². The third kappa shape index (κ3) is 6.89. The van der Waals surface area contributed by atoms with Crippen molar-refractivity contribution in [3.63, 3.8) is 0 Å². The molecular weight excluding hydrogens is 178 g/mol. The van der Waals surface area contributed by atoms with E-state index in [2.05, 4.69) is 19.2 Å². The molecule has 0 spiro atoms. The fourth-order valence-corrected chi connectivity index (χ4v) is 1.35. The highest BCUT2D eigenvalue weighted by molar-refractivity contribution is 5.69. The Balaban J connectivity index is 3.39. The second kappa shape index (κ2) is 7.80. The number of hydrogen-bond acceptors (Lipinski definition) is 2. The maximum absolute atomic E-state index is 10.5. The number of rotatable bonds is 8. The second-order valence-electron chi connectivity index (χ2n) is 4.03. The summed E-state index contributed by atoms with van der Waals surface area (Å²) in [6.45, 7) is 7.12. The van der Waals surface area contributed by atoms with E-state index in [1.54, 1.807) is 6.92 Å². The Morgan fingerprint density at radius 1 is 1.36 bits per heavy atom. The predicted molar refractivity (Wildman–Crippen MR) is 58.4 cm³/mol. The summed E-state index contributed by atoms with van der Waals surface area (Å²) in [7, 11) is 0. The van der Waals surface area contributed by atoms with Gasteiger partial charge in [0.1, 0.15) is 0 Å². The van der Waals surface area contributed by atoms with E-state index < -0.39 is 5.97 Å². The van der Waals surface area contributed by atoms with Gasteiger partial charge in [0.05, 0.1) is 5.92 Å². The minimum absolute atomic E-state index is 0.201. The average molecular weight is 201 g/mol. The first kappa shape index (κ1) is 13.4. The van der Waals surface area contributed by atoms with Crippen molar-refractivity contribution in [2.45, 2.75) is 52.5 Å². The summed E-state index contributed by atoms with van der Waals surface area (Å²) in [5, 5.41) is 12.1. The summed E-state index contributed by atoms with van der Waals surface area (Å²) in [5.41, 5.74) is 0. The topological polar surface area (TPSA) is 49.3 Å². The van der Waals surface area contributed by atoms with Gasteiger partial charge in [0.15, 0.2) is 0 Å². The molecule has 0 aromatic heterocycles. The van der Waals surface area contributed by atoms with Gasteiger partial charge in [-0.1, -0.05) is 20.3 Å². The molecular formula is C11H23NO2. The molecule has 0 bridgehead atoms. The first-order valence-electron chi connectivity index (χ1n) is 5.54. The molecule has 0 amide bonds. The Kier molecular flexibility index (Phi) is 7.48. The largest absolute Gasteiger partial charge is 0.481 e. The lowest BCUT2D eigenvalue weighted by atomic mass is 10.0. The Morgan fingerprint density at radius 2 is 2.00 bits per heavy atom. The smallest absolute Gasteiger partial charge is 0.306 e. The Labute approximate surface area is 86.9 Å². The van der Waals surface area contributed by atoms with Gasteiger partial charge in [-0.3, -0.25) is 4.79 Å². The minimum atomic E-state index is -0.681. The molecule has 0 saturated heterocycles. The molecule has 84 valence electrons. The summed E-state index contributed by atoms with van der Waals surface area (Å²) < 4.78 is 0. The fraction of sp³-hybridized carbons (Fsp3) is 0.909. The third-order valence-corrected chi connectivity index (χ3v) is 2.44. The predicted octanol–water partition coefficient (Wildman–Crippen LogP) is 2.27. The van der Waals surface area contributed by atoms with Crippen LogP contribution in [-0.2, 0) is 4.79 Å². The zero-order valence-electron chi connectivity index (χ0n) is 9.55. The van der Waals surface area contributed by atoms with Crippen molar-refractivity contribution in [3.05, 3.63) is 0 Å². The van der Waals surface area contributed by atoms with Gasteiger partial charge in [0, 0.05) is 6.04 Å². The lowest BCUT2D eigenvalue weighted by molar-refractivity contribution is -0.141. The maximum atomic E-state index is 10.5. The van der Waals surface area contributed by atoms with Crippen LogP contribution in [0.4, 0.5) is 0 Å². The molecule has 3 heteroatoms. The zero-order chi connectivity index (χ0) is 11.0. The van der Waals surface area contributed by atoms with Crippen LogP contribution in [0.15, 0.2) is 0 Å². The van der Waals surface area contributed by atoms with E-state index in [4.69, 9.17) is 5.11 Å². The fourth-order valence-electron chi connectivity index (χ4n) is 1.35. The summed E-state index contributed by atoms with van der Waals surface area (Å²) in [4.78, 5) is 10.5. The lowest BCUT2D eigenvalue weighted by Crippen LogP contribution is -2.26.